The topological polar surface area (TPSA) is 92.6 Å². The van der Waals surface area contributed by atoms with E-state index >= 15 is 0 Å². The number of amides is 3. The van der Waals surface area contributed by atoms with Crippen LogP contribution in [0.25, 0.3) is 0 Å². The van der Waals surface area contributed by atoms with Gasteiger partial charge in [-0.3, -0.25) is 19.8 Å². The van der Waals surface area contributed by atoms with E-state index in [1.165, 1.54) is 36.0 Å². The molecule has 146 valence electrons. The van der Waals surface area contributed by atoms with E-state index in [0.29, 0.717) is 21.4 Å². The molecule has 1 unspecified atom stereocenters. The lowest BCUT2D eigenvalue weighted by molar-refractivity contribution is -0.384. The maximum absolute atomic E-state index is 12.9. The Kier molecular flexibility index (Phi) is 5.83. The summed E-state index contributed by atoms with van der Waals surface area (Å²) in [4.78, 5) is 37.4. The summed E-state index contributed by atoms with van der Waals surface area (Å²) in [6.45, 7) is 1.76. The van der Waals surface area contributed by atoms with Crippen molar-refractivity contribution in [3.05, 3.63) is 68.2 Å². The molecule has 10 heteroatoms. The number of nitro benzene ring substituents is 1. The summed E-state index contributed by atoms with van der Waals surface area (Å²) in [6.07, 6.45) is 0. The van der Waals surface area contributed by atoms with Crippen molar-refractivity contribution in [3.8, 4) is 0 Å². The first-order valence-electron chi connectivity index (χ1n) is 8.19. The Morgan fingerprint density at radius 1 is 1.18 bits per heavy atom. The van der Waals surface area contributed by atoms with Crippen LogP contribution in [0.2, 0.25) is 10.0 Å². The molecule has 0 bridgehead atoms. The number of nitrogens with zero attached hydrogens (tertiary/aromatic N) is 2. The van der Waals surface area contributed by atoms with E-state index in [2.05, 4.69) is 5.32 Å². The third-order valence-corrected chi connectivity index (χ3v) is 6.11. The molecule has 1 aliphatic heterocycles. The third kappa shape index (κ3) is 3.94. The molecule has 0 aliphatic carbocycles. The van der Waals surface area contributed by atoms with E-state index in [0.717, 1.165) is 9.80 Å². The number of nitrogens with one attached hydrogen (secondary N) is 1. The van der Waals surface area contributed by atoms with Gasteiger partial charge in [0.1, 0.15) is 5.54 Å². The highest BCUT2D eigenvalue weighted by Gasteiger charge is 2.48. The zero-order valence-corrected chi connectivity index (χ0v) is 17.0. The predicted molar refractivity (Wildman–Crippen MR) is 108 cm³/mol. The molecular weight excluding hydrogens is 425 g/mol. The van der Waals surface area contributed by atoms with Gasteiger partial charge in [0.05, 0.1) is 9.95 Å². The lowest BCUT2D eigenvalue weighted by Crippen LogP contribution is -2.41. The number of hydrogen-bond acceptors (Lipinski definition) is 5. The van der Waals surface area contributed by atoms with Crippen molar-refractivity contribution in [1.29, 1.82) is 0 Å². The van der Waals surface area contributed by atoms with E-state index in [9.17, 15) is 19.7 Å². The van der Waals surface area contributed by atoms with Crippen LogP contribution in [0.15, 0.2) is 47.4 Å². The molecule has 1 heterocycles. The summed E-state index contributed by atoms with van der Waals surface area (Å²) in [5.41, 5.74) is -0.884. The summed E-state index contributed by atoms with van der Waals surface area (Å²) in [7, 11) is 0. The number of urea groups is 1. The van der Waals surface area contributed by atoms with Gasteiger partial charge in [-0.1, -0.05) is 23.2 Å². The molecule has 0 aromatic heterocycles. The second-order valence-corrected chi connectivity index (χ2v) is 8.22. The Bertz CT molecular complexity index is 954. The molecule has 0 saturated carbocycles. The smallest absolute Gasteiger partial charge is 0.319 e. The lowest BCUT2D eigenvalue weighted by atomic mass is 9.92. The van der Waals surface area contributed by atoms with Gasteiger partial charge in [0.2, 0.25) is 0 Å². The van der Waals surface area contributed by atoms with Crippen molar-refractivity contribution in [2.24, 2.45) is 0 Å². The molecule has 3 rings (SSSR count). The molecule has 7 nitrogen and oxygen atoms in total. The van der Waals surface area contributed by atoms with E-state index < -0.39 is 22.4 Å². The normalized spacial score (nSPS) is 19.0. The fourth-order valence-electron chi connectivity index (χ4n) is 2.85. The molecule has 1 aliphatic rings. The Labute approximate surface area is 175 Å². The van der Waals surface area contributed by atoms with Crippen LogP contribution in [0, 0.1) is 10.1 Å². The summed E-state index contributed by atoms with van der Waals surface area (Å²) in [5, 5.41) is 14.6. The minimum absolute atomic E-state index is 0.0872. The first kappa shape index (κ1) is 20.4. The second-order valence-electron chi connectivity index (χ2n) is 6.24. The second kappa shape index (κ2) is 7.98. The highest BCUT2D eigenvalue weighted by Crippen LogP contribution is 2.32. The number of carbonyl (C=O) groups excluding carboxylic acids is 2. The first-order chi connectivity index (χ1) is 13.2. The summed E-state index contributed by atoms with van der Waals surface area (Å²) < 4.78 is 0. The number of imide groups is 1. The van der Waals surface area contributed by atoms with Crippen LogP contribution in [0.4, 0.5) is 10.5 Å². The molecule has 1 fully saturated rings. The zero-order chi connectivity index (χ0) is 20.5. The number of thioether (sulfide) groups is 1. The van der Waals surface area contributed by atoms with Crippen molar-refractivity contribution in [3.63, 3.8) is 0 Å². The van der Waals surface area contributed by atoms with E-state index in [1.54, 1.807) is 25.1 Å². The highest BCUT2D eigenvalue weighted by molar-refractivity contribution is 7.99. The third-order valence-electron chi connectivity index (χ3n) is 4.40. The van der Waals surface area contributed by atoms with E-state index in [4.69, 9.17) is 23.2 Å². The van der Waals surface area contributed by atoms with Gasteiger partial charge >= 0.3 is 6.03 Å². The molecule has 0 spiro atoms. The van der Waals surface area contributed by atoms with Crippen LogP contribution in [0.1, 0.15) is 12.5 Å². The molecule has 28 heavy (non-hydrogen) atoms. The van der Waals surface area contributed by atoms with Crippen LogP contribution in [0.5, 0.6) is 0 Å². The number of halogens is 2. The fraction of sp³-hybridized carbons (Fsp3) is 0.222. The highest BCUT2D eigenvalue weighted by atomic mass is 35.5. The first-order valence-corrected chi connectivity index (χ1v) is 9.93. The molecular formula is C18H15Cl2N3O4S. The summed E-state index contributed by atoms with van der Waals surface area (Å²) >= 11 is 13.5. The number of hydrogen-bond donors (Lipinski definition) is 1. The zero-order valence-electron chi connectivity index (χ0n) is 14.6. The van der Waals surface area contributed by atoms with Gasteiger partial charge in [-0.25, -0.2) is 4.79 Å². The van der Waals surface area contributed by atoms with Crippen molar-refractivity contribution in [1.82, 2.24) is 10.2 Å². The van der Waals surface area contributed by atoms with Gasteiger partial charge in [-0.2, -0.15) is 0 Å². The number of non-ortho nitro benzene ring substituents is 1. The average Bonchev–Trinajstić information content (AvgIpc) is 2.88. The lowest BCUT2D eigenvalue weighted by Gasteiger charge is -2.22. The number of benzene rings is 2. The van der Waals surface area contributed by atoms with Gasteiger partial charge in [-0.05, 0) is 42.8 Å². The van der Waals surface area contributed by atoms with Gasteiger partial charge in [0, 0.05) is 34.3 Å². The molecule has 0 radical (unpaired) electrons. The summed E-state index contributed by atoms with van der Waals surface area (Å²) in [5.74, 6) is 0.0272. The minimum Gasteiger partial charge on any atom is -0.319 e. The minimum atomic E-state index is -1.27. The standard InChI is InChI=1S/C18H15Cl2N3O4S/c1-18(11-2-5-13(6-3-11)23(26)27)16(24)22(17(25)21-18)8-9-28-15-10-12(19)4-7-14(15)20/h2-7,10H,8-9H2,1H3,(H,21,25). The maximum Gasteiger partial charge on any atom is 0.325 e. The fourth-order valence-corrected chi connectivity index (χ4v) is 4.27. The van der Waals surface area contributed by atoms with Gasteiger partial charge in [0.25, 0.3) is 11.6 Å². The van der Waals surface area contributed by atoms with Gasteiger partial charge in [-0.15, -0.1) is 11.8 Å². The number of nitro groups is 1. The van der Waals surface area contributed by atoms with Crippen molar-refractivity contribution >= 4 is 52.6 Å². The SMILES string of the molecule is CC1(c2ccc([N+](=O)[O-])cc2)NC(=O)N(CCSc2cc(Cl)ccc2Cl)C1=O. The van der Waals surface area contributed by atoms with E-state index in [1.807, 2.05) is 0 Å². The Balaban J connectivity index is 1.70. The monoisotopic (exact) mass is 439 g/mol. The van der Waals surface area contributed by atoms with Crippen molar-refractivity contribution in [2.45, 2.75) is 17.4 Å². The molecule has 1 N–H and O–H groups in total. The molecule has 2 aromatic rings. The molecule has 3 amide bonds. The van der Waals surface area contributed by atoms with Gasteiger partial charge in [0.15, 0.2) is 0 Å². The Morgan fingerprint density at radius 3 is 2.50 bits per heavy atom. The molecule has 1 atom stereocenters. The van der Waals surface area contributed by atoms with Crippen LogP contribution in [-0.2, 0) is 10.3 Å². The van der Waals surface area contributed by atoms with Gasteiger partial charge < -0.3 is 5.32 Å². The maximum atomic E-state index is 12.9. The van der Waals surface area contributed by atoms with Crippen molar-refractivity contribution in [2.75, 3.05) is 12.3 Å². The molecule has 2 aromatic carbocycles. The number of rotatable bonds is 6. The van der Waals surface area contributed by atoms with Crippen LogP contribution in [0.3, 0.4) is 0 Å². The van der Waals surface area contributed by atoms with Crippen LogP contribution >= 0.6 is 35.0 Å². The van der Waals surface area contributed by atoms with Crippen molar-refractivity contribution < 1.29 is 14.5 Å². The largest absolute Gasteiger partial charge is 0.325 e. The number of carbonyl (C=O) groups is 2. The predicted octanol–water partition coefficient (Wildman–Crippen LogP) is 4.46. The average molecular weight is 440 g/mol. The summed E-state index contributed by atoms with van der Waals surface area (Å²) in [6, 6.07) is 10.1. The molecule has 1 saturated heterocycles. The Hall–Kier alpha value is -2.29. The quantitative estimate of drug-likeness (QED) is 0.310. The Morgan fingerprint density at radius 2 is 1.86 bits per heavy atom. The van der Waals surface area contributed by atoms with Crippen LogP contribution in [-0.4, -0.2) is 34.1 Å². The van der Waals surface area contributed by atoms with E-state index in [-0.39, 0.29) is 12.2 Å². The van der Waals surface area contributed by atoms with Crippen LogP contribution < -0.4 is 5.32 Å².